The van der Waals surface area contributed by atoms with E-state index in [9.17, 15) is 14.9 Å². The van der Waals surface area contributed by atoms with Crippen molar-refractivity contribution in [3.05, 3.63) is 63.7 Å². The number of hydrogen-bond acceptors (Lipinski definition) is 6. The summed E-state index contributed by atoms with van der Waals surface area (Å²) in [5.74, 6) is -0.654. The predicted molar refractivity (Wildman–Crippen MR) is 115 cm³/mol. The molecule has 8 heteroatoms. The van der Waals surface area contributed by atoms with Crippen LogP contribution in [0.2, 0.25) is 0 Å². The Bertz CT molecular complexity index is 692. The number of nitrogens with one attached hydrogen (secondary N) is 1. The molecule has 0 aromatic heterocycles. The highest BCUT2D eigenvalue weighted by Gasteiger charge is 2.32. The molecule has 0 radical (unpaired) electrons. The van der Waals surface area contributed by atoms with E-state index in [4.69, 9.17) is 0 Å². The zero-order chi connectivity index (χ0) is 20.9. The lowest BCUT2D eigenvalue weighted by atomic mass is 10.1. The molecule has 0 aliphatic carbocycles. The average Bonchev–Trinajstić information content (AvgIpc) is 2.69. The van der Waals surface area contributed by atoms with E-state index in [0.29, 0.717) is 0 Å². The molecule has 154 valence electrons. The Kier molecular flexibility index (Phi) is 10.8. The van der Waals surface area contributed by atoms with Crippen LogP contribution < -0.4 is 5.32 Å². The monoisotopic (exact) mass is 407 g/mol. The van der Waals surface area contributed by atoms with E-state index in [0.717, 1.165) is 35.7 Å². The number of rotatable bonds is 12. The summed E-state index contributed by atoms with van der Waals surface area (Å²) in [5, 5.41) is 14.9. The summed E-state index contributed by atoms with van der Waals surface area (Å²) in [6.07, 6.45) is 5.56. The van der Waals surface area contributed by atoms with E-state index >= 15 is 0 Å². The number of carbonyl (C=O) groups is 1. The van der Waals surface area contributed by atoms with Crippen LogP contribution >= 0.6 is 12.6 Å². The summed E-state index contributed by atoms with van der Waals surface area (Å²) in [5.41, 5.74) is 3.33. The maximum absolute atomic E-state index is 11.7. The van der Waals surface area contributed by atoms with Gasteiger partial charge in [0.05, 0.1) is 13.7 Å². The van der Waals surface area contributed by atoms with Crippen molar-refractivity contribution in [3.8, 4) is 0 Å². The van der Waals surface area contributed by atoms with E-state index in [-0.39, 0.29) is 12.3 Å². The van der Waals surface area contributed by atoms with Gasteiger partial charge in [-0.1, -0.05) is 41.5 Å². The number of nitrogens with zero attached hydrogens (tertiary/aromatic N) is 2. The number of nitro groups is 1. The highest BCUT2D eigenvalue weighted by Crippen LogP contribution is 2.11. The van der Waals surface area contributed by atoms with Crippen molar-refractivity contribution in [2.75, 3.05) is 31.3 Å². The highest BCUT2D eigenvalue weighted by molar-refractivity contribution is 7.80. The second-order valence-corrected chi connectivity index (χ2v) is 6.81. The number of hydrogen-bond donors (Lipinski definition) is 2. The molecule has 0 fully saturated rings. The number of thiol groups is 1. The number of ether oxygens (including phenoxy) is 1. The van der Waals surface area contributed by atoms with Crippen LogP contribution in [0.3, 0.4) is 0 Å². The summed E-state index contributed by atoms with van der Waals surface area (Å²) in [4.78, 5) is 23.0. The van der Waals surface area contributed by atoms with Gasteiger partial charge in [0, 0.05) is 18.0 Å². The van der Waals surface area contributed by atoms with Gasteiger partial charge in [-0.25, -0.2) is 14.9 Å². The van der Waals surface area contributed by atoms with Crippen LogP contribution in [-0.4, -0.2) is 48.0 Å². The number of benzene rings is 1. The van der Waals surface area contributed by atoms with Gasteiger partial charge in [-0.3, -0.25) is 0 Å². The smallest absolute Gasteiger partial charge is 0.335 e. The van der Waals surface area contributed by atoms with Gasteiger partial charge in [0.25, 0.3) is 0 Å². The zero-order valence-electron chi connectivity index (χ0n) is 16.6. The van der Waals surface area contributed by atoms with Crippen molar-refractivity contribution in [2.24, 2.45) is 0 Å². The first-order chi connectivity index (χ1) is 13.4. The third-order valence-corrected chi connectivity index (χ3v) is 4.57. The molecule has 1 aromatic rings. The number of anilines is 1. The number of carbonyl (C=O) groups excluding carboxylic acids is 1. The molecule has 0 spiro atoms. The Morgan fingerprint density at radius 2 is 1.96 bits per heavy atom. The van der Waals surface area contributed by atoms with Crippen LogP contribution in [0.25, 0.3) is 0 Å². The molecule has 0 saturated carbocycles. The molecular formula is C20H29N3O4S. The van der Waals surface area contributed by atoms with Crippen LogP contribution in [0.4, 0.5) is 5.69 Å². The van der Waals surface area contributed by atoms with Gasteiger partial charge in [-0.15, -0.1) is 5.01 Å². The first-order valence-corrected chi connectivity index (χ1v) is 9.72. The Morgan fingerprint density at radius 3 is 2.54 bits per heavy atom. The molecule has 1 aromatic carbocycles. The molecule has 0 saturated heterocycles. The minimum Gasteiger partial charge on any atom is -0.467 e. The Morgan fingerprint density at radius 1 is 1.29 bits per heavy atom. The molecule has 28 heavy (non-hydrogen) atoms. The molecule has 1 rings (SSSR count). The molecule has 0 aliphatic rings. The normalized spacial score (nSPS) is 13.0. The predicted octanol–water partition coefficient (Wildman–Crippen LogP) is 3.74. The molecule has 0 bridgehead atoms. The summed E-state index contributed by atoms with van der Waals surface area (Å²) in [7, 11) is 1.21. The molecule has 0 aliphatic heterocycles. The summed E-state index contributed by atoms with van der Waals surface area (Å²) in [6, 6.07) is 8.98. The third-order valence-electron chi connectivity index (χ3n) is 4.22. The molecular weight excluding hydrogens is 378 g/mol. The number of methoxy groups -OCH3 is 1. The van der Waals surface area contributed by atoms with Gasteiger partial charge in [0.1, 0.15) is 0 Å². The van der Waals surface area contributed by atoms with Crippen molar-refractivity contribution < 1.29 is 14.6 Å². The zero-order valence-corrected chi connectivity index (χ0v) is 17.5. The molecule has 1 N–H and O–H groups in total. The molecule has 1 atom stereocenters. The van der Waals surface area contributed by atoms with E-state index in [1.807, 2.05) is 37.3 Å². The fourth-order valence-electron chi connectivity index (χ4n) is 2.50. The van der Waals surface area contributed by atoms with Crippen molar-refractivity contribution in [1.82, 2.24) is 5.01 Å². The Labute approximate surface area is 172 Å². The minimum absolute atomic E-state index is 0.0108. The van der Waals surface area contributed by atoms with Gasteiger partial charge in [-0.05, 0) is 38.8 Å². The number of esters is 1. The van der Waals surface area contributed by atoms with Crippen molar-refractivity contribution in [2.45, 2.75) is 32.7 Å². The second kappa shape index (κ2) is 12.8. The highest BCUT2D eigenvalue weighted by atomic mass is 32.1. The summed E-state index contributed by atoms with van der Waals surface area (Å²) < 4.78 is 4.62. The lowest BCUT2D eigenvalue weighted by Gasteiger charge is -2.20. The van der Waals surface area contributed by atoms with Crippen LogP contribution in [0.15, 0.2) is 53.6 Å². The van der Waals surface area contributed by atoms with Crippen molar-refractivity contribution in [3.63, 3.8) is 0 Å². The van der Waals surface area contributed by atoms with Crippen LogP contribution in [0, 0.1) is 10.1 Å². The largest absolute Gasteiger partial charge is 0.467 e. The lowest BCUT2D eigenvalue weighted by Crippen LogP contribution is -2.46. The minimum atomic E-state index is -1.02. The fourth-order valence-corrected chi connectivity index (χ4v) is 2.84. The second-order valence-electron chi connectivity index (χ2n) is 6.44. The summed E-state index contributed by atoms with van der Waals surface area (Å²) >= 11 is 4.03. The van der Waals surface area contributed by atoms with Crippen molar-refractivity contribution in [1.29, 1.82) is 0 Å². The van der Waals surface area contributed by atoms with Gasteiger partial charge < -0.3 is 10.1 Å². The van der Waals surface area contributed by atoms with Crippen LogP contribution in [-0.2, 0) is 9.53 Å². The fraction of sp³-hybridized carbons (Fsp3) is 0.450. The van der Waals surface area contributed by atoms with E-state index in [1.165, 1.54) is 12.7 Å². The maximum Gasteiger partial charge on any atom is 0.335 e. The average molecular weight is 408 g/mol. The van der Waals surface area contributed by atoms with E-state index in [1.54, 1.807) is 6.08 Å². The molecule has 7 nitrogen and oxygen atoms in total. The van der Waals surface area contributed by atoms with Gasteiger partial charge in [0.15, 0.2) is 11.1 Å². The first-order valence-electron chi connectivity index (χ1n) is 9.08. The van der Waals surface area contributed by atoms with Gasteiger partial charge >= 0.3 is 5.97 Å². The standard InChI is InChI=1S/C20H29N3O4S/c1-16(12-13-22(23(25)26)19(15-28)20(24)27-3)8-7-9-17(2)14-21-18-10-5-4-6-11-18/h4-6,9-12,19,21,28H,7-8,13-15H2,1-3H3/t19-/m0/s1. The van der Waals surface area contributed by atoms with Crippen LogP contribution in [0.5, 0.6) is 0 Å². The number of hydrazine groups is 1. The molecule has 0 amide bonds. The summed E-state index contributed by atoms with van der Waals surface area (Å²) in [6.45, 7) is 4.79. The number of para-hydroxylation sites is 1. The maximum atomic E-state index is 11.7. The molecule has 0 heterocycles. The third kappa shape index (κ3) is 8.47. The number of allylic oxidation sites excluding steroid dienone is 2. The quantitative estimate of drug-likeness (QED) is 0.181. The van der Waals surface area contributed by atoms with Gasteiger partial charge in [0.2, 0.25) is 0 Å². The molecule has 0 unspecified atom stereocenters. The SMILES string of the molecule is COC(=O)[C@H](CS)N(CC=C(C)CCC=C(C)CNc1ccccc1)[N+](=O)[O-]. The Balaban J connectivity index is 2.51. The van der Waals surface area contributed by atoms with E-state index < -0.39 is 17.0 Å². The van der Waals surface area contributed by atoms with E-state index in [2.05, 4.69) is 35.7 Å². The first kappa shape index (κ1) is 23.6. The van der Waals surface area contributed by atoms with Crippen molar-refractivity contribution >= 4 is 24.3 Å². The Hall–Kier alpha value is -2.48. The topological polar surface area (TPSA) is 84.7 Å². The van der Waals surface area contributed by atoms with Gasteiger partial charge in [-0.2, -0.15) is 12.6 Å². The van der Waals surface area contributed by atoms with Crippen LogP contribution in [0.1, 0.15) is 26.7 Å². The lowest BCUT2D eigenvalue weighted by molar-refractivity contribution is -0.658.